The van der Waals surface area contributed by atoms with E-state index in [1.807, 2.05) is 12.1 Å². The topological polar surface area (TPSA) is 225 Å². The summed E-state index contributed by atoms with van der Waals surface area (Å²) < 4.78 is 112. The number of fused-ring (bicyclic) bond motifs is 4. The summed E-state index contributed by atoms with van der Waals surface area (Å²) in [5, 5.41) is 0.310. The lowest BCUT2D eigenvalue weighted by Crippen LogP contribution is -2.23. The fourth-order valence-electron chi connectivity index (χ4n) is 10.3. The molecule has 4 aliphatic rings. The monoisotopic (exact) mass is 1340 g/mol. The van der Waals surface area contributed by atoms with Gasteiger partial charge in [-0.1, -0.05) is 229 Å². The lowest BCUT2D eigenvalue weighted by atomic mass is 9.64. The summed E-state index contributed by atoms with van der Waals surface area (Å²) in [6.45, 7) is 23.0. The smallest absolute Gasteiger partial charge is 0.324 e. The van der Waals surface area contributed by atoms with Gasteiger partial charge in [-0.2, -0.15) is 0 Å². The van der Waals surface area contributed by atoms with Gasteiger partial charge in [-0.05, 0) is 112 Å². The quantitative estimate of drug-likeness (QED) is 0.112. The van der Waals surface area contributed by atoms with E-state index >= 15 is 0 Å². The maximum Gasteiger partial charge on any atom is 0.324 e. The second-order valence-electron chi connectivity index (χ2n) is 21.6. The first kappa shape index (κ1) is 78.9. The van der Waals surface area contributed by atoms with E-state index in [4.69, 9.17) is 24.4 Å². The van der Waals surface area contributed by atoms with Gasteiger partial charge in [0.1, 0.15) is 0 Å². The molecule has 0 radical (unpaired) electrons. The van der Waals surface area contributed by atoms with Crippen molar-refractivity contribution >= 4 is 88.9 Å². The van der Waals surface area contributed by atoms with Crippen molar-refractivity contribution in [2.75, 3.05) is 29.6 Å². The molecule has 4 aliphatic heterocycles. The highest BCUT2D eigenvalue weighted by atomic mass is 32.2. The van der Waals surface area contributed by atoms with Crippen LogP contribution in [0.15, 0.2) is 226 Å². The van der Waals surface area contributed by atoms with Gasteiger partial charge in [-0.25, -0.2) is 43.6 Å². The van der Waals surface area contributed by atoms with Crippen LogP contribution < -0.4 is 27.6 Å². The second kappa shape index (κ2) is 38.7. The first-order valence-electron chi connectivity index (χ1n) is 31.5. The fourth-order valence-corrected chi connectivity index (χ4v) is 13.8. The van der Waals surface area contributed by atoms with E-state index in [-0.39, 0.29) is 74.3 Å². The van der Waals surface area contributed by atoms with Crippen LogP contribution >= 0.6 is 0 Å². The molecule has 93 heavy (non-hydrogen) atoms. The average Bonchev–Trinajstić information content (AvgIpc) is 1.80. The Morgan fingerprint density at radius 1 is 0.333 bits per heavy atom. The minimum absolute atomic E-state index is 0. The predicted molar refractivity (Wildman–Crippen MR) is 385 cm³/mol. The Hall–Kier alpha value is -6.52. The number of benzene rings is 6. The summed E-state index contributed by atoms with van der Waals surface area (Å²) in [6.07, 6.45) is 7.26. The van der Waals surface area contributed by atoms with Crippen LogP contribution in [0.5, 0.6) is 0 Å². The minimum Gasteiger partial charge on any atom is -0.424 e. The van der Waals surface area contributed by atoms with Crippen LogP contribution in [0, 0.1) is 0 Å². The Morgan fingerprint density at radius 3 is 0.806 bits per heavy atom. The molecule has 23 heteroatoms. The molecule has 0 fully saturated rings. The molecule has 2 N–H and O–H groups in total. The Balaban J connectivity index is 0.000000226. The summed E-state index contributed by atoms with van der Waals surface area (Å²) in [5.41, 5.74) is 16.4. The van der Waals surface area contributed by atoms with E-state index < -0.39 is 39.3 Å². The lowest BCUT2D eigenvalue weighted by molar-refractivity contribution is 0.221. The van der Waals surface area contributed by atoms with Crippen molar-refractivity contribution in [1.82, 2.24) is 9.97 Å². The van der Waals surface area contributed by atoms with E-state index in [1.165, 1.54) is 68.6 Å². The van der Waals surface area contributed by atoms with Crippen LogP contribution in [0.25, 0.3) is 0 Å². The zero-order chi connectivity index (χ0) is 67.5. The van der Waals surface area contributed by atoms with Gasteiger partial charge in [0.05, 0.1) is 57.2 Å². The maximum atomic E-state index is 11.2. The van der Waals surface area contributed by atoms with E-state index in [1.54, 1.807) is 113 Å². The molecule has 496 valence electrons. The highest BCUT2D eigenvalue weighted by Crippen LogP contribution is 2.29. The lowest BCUT2D eigenvalue weighted by Gasteiger charge is -2.08. The van der Waals surface area contributed by atoms with Gasteiger partial charge in [-0.15, -0.1) is 0 Å². The maximum absolute atomic E-state index is 11.2. The van der Waals surface area contributed by atoms with Crippen molar-refractivity contribution in [1.29, 1.82) is 0 Å². The predicted octanol–water partition coefficient (Wildman–Crippen LogP) is 11.9. The van der Waals surface area contributed by atoms with Gasteiger partial charge < -0.3 is 24.4 Å². The van der Waals surface area contributed by atoms with Gasteiger partial charge in [0.15, 0.2) is 49.4 Å². The van der Waals surface area contributed by atoms with Gasteiger partial charge >= 0.3 is 27.7 Å². The molecule has 0 saturated carbocycles. The average molecular weight is 1340 g/mol. The van der Waals surface area contributed by atoms with Gasteiger partial charge in [-0.3, -0.25) is 0 Å². The Labute approximate surface area is 558 Å². The van der Waals surface area contributed by atoms with Crippen molar-refractivity contribution in [2.24, 2.45) is 5.73 Å². The summed E-state index contributed by atoms with van der Waals surface area (Å²) >= 11 is 0. The minimum atomic E-state index is -3.11. The number of aromatic nitrogens is 2. The number of hydrogen-bond donors (Lipinski definition) is 1. The number of nitrogens with two attached hydrogens (primary N) is 1. The molecule has 0 aliphatic carbocycles. The second-order valence-corrected chi connectivity index (χ2v) is 30.6. The van der Waals surface area contributed by atoms with E-state index in [2.05, 4.69) is 143 Å². The van der Waals surface area contributed by atoms with E-state index in [9.17, 15) is 33.7 Å². The Morgan fingerprint density at radius 2 is 0.570 bits per heavy atom. The third kappa shape index (κ3) is 22.8. The number of nitrogens with zero attached hydrogens (tertiary/aromatic N) is 2. The Kier molecular flexibility index (Phi) is 32.9. The van der Waals surface area contributed by atoms with Crippen molar-refractivity contribution in [3.63, 3.8) is 0 Å². The first-order chi connectivity index (χ1) is 44.0. The molecule has 0 spiro atoms. The third-order valence-electron chi connectivity index (χ3n) is 15.6. The van der Waals surface area contributed by atoms with Crippen LogP contribution in [-0.2, 0) is 58.0 Å². The molecule has 15 nitrogen and oxygen atoms in total. The summed E-state index contributed by atoms with van der Waals surface area (Å²) in [5.74, 6) is 0.530. The highest BCUT2D eigenvalue weighted by Gasteiger charge is 2.33. The molecule has 0 amide bonds. The molecule has 8 aromatic rings. The summed E-state index contributed by atoms with van der Waals surface area (Å²) in [4.78, 5) is 8.28. The zero-order valence-corrected chi connectivity index (χ0v) is 58.2. The molecule has 6 aromatic carbocycles. The summed E-state index contributed by atoms with van der Waals surface area (Å²) in [6, 6.07) is 60.4. The molecule has 0 saturated heterocycles. The normalized spacial score (nSPS) is 16.3. The molecular weight excluding hydrogens is 1250 g/mol. The van der Waals surface area contributed by atoms with E-state index in [0.717, 1.165) is 19.3 Å². The molecule has 2 aromatic heterocycles. The van der Waals surface area contributed by atoms with Gasteiger partial charge in [0.2, 0.25) is 0 Å². The molecule has 6 heterocycles. The SMILES string of the molecule is C.CB1O[C@H](CN)c2ccccc21.CCS(=O)(=O)c1ccccc1.CCS(=O)(=O)c1ccccc1.CCS(=O)(=O)c1ccccn1.CCS(=O)(=O)c1ccccn1.CC[C@@H]1OB(C)c2ccccc21.CC[C@@H]1OB(C)c2ccccc21.CC[C@H]1OB(C)c2ccccc21. The third-order valence-corrected chi connectivity index (χ3v) is 22.3. The fraction of sp³-hybridized carbons (Fsp3) is 0.343. The molecule has 12 rings (SSSR count). The van der Waals surface area contributed by atoms with Gasteiger partial charge in [0.25, 0.3) is 0 Å². The van der Waals surface area contributed by atoms with E-state index in [0.29, 0.717) is 34.6 Å². The number of pyridine rings is 2. The number of hydrogen-bond acceptors (Lipinski definition) is 15. The number of sulfone groups is 4. The Bertz CT molecular complexity index is 3450. The standard InChI is InChI=1S/3C10H13BO.C9H12BNO.2C8H10O2S.2C7H9NO2S.CH4/c3*1-3-10-8-6-4-5-7-9(8)11(2)12-10;1-10-8-5-3-2-4-7(8)9(6-11)12-10;2*1-2-11(9,10)8-6-4-3-5-7-8;2*1-2-11(9,10)7-5-3-4-6-8-7;/h3*4-7,10H,3H2,1-2H3;2-5,9H,6,11H2,1H3;2*3-7H,2H2,1H3;2*3-6H,2H2,1H3;1H4/t3*10-;9-;;;;;/m1001...../s1. The largest absolute Gasteiger partial charge is 0.424 e. The van der Waals surface area contributed by atoms with Crippen LogP contribution in [0.1, 0.15) is 122 Å². The van der Waals surface area contributed by atoms with Crippen LogP contribution in [0.2, 0.25) is 27.3 Å². The van der Waals surface area contributed by atoms with Gasteiger partial charge in [0, 0.05) is 18.9 Å². The van der Waals surface area contributed by atoms with Crippen LogP contribution in [0.3, 0.4) is 0 Å². The van der Waals surface area contributed by atoms with Crippen molar-refractivity contribution < 1.29 is 52.3 Å². The van der Waals surface area contributed by atoms with Crippen LogP contribution in [-0.4, -0.2) is 101 Å². The molecular formula is C70H93B4N3O12S4. The number of rotatable bonds is 12. The molecule has 0 unspecified atom stereocenters. The van der Waals surface area contributed by atoms with Crippen molar-refractivity contribution in [3.05, 3.63) is 229 Å². The summed E-state index contributed by atoms with van der Waals surface area (Å²) in [7, 11) is -12.2. The highest BCUT2D eigenvalue weighted by molar-refractivity contribution is 7.92. The molecule has 4 atom stereocenters. The van der Waals surface area contributed by atoms with Crippen molar-refractivity contribution in [2.45, 2.75) is 147 Å². The first-order valence-corrected chi connectivity index (χ1v) is 38.1. The molecule has 0 bridgehead atoms. The van der Waals surface area contributed by atoms with Crippen LogP contribution in [0.4, 0.5) is 0 Å². The van der Waals surface area contributed by atoms with Crippen molar-refractivity contribution in [3.8, 4) is 0 Å². The zero-order valence-electron chi connectivity index (χ0n) is 54.9.